The molecule has 0 aliphatic carbocycles. The fourth-order valence-electron chi connectivity index (χ4n) is 1.10. The number of methoxy groups -OCH3 is 1. The van der Waals surface area contributed by atoms with E-state index in [1.165, 1.54) is 0 Å². The standard InChI is InChI=1S/C7H13NO2/c1-10-5-4-8-3-2-7(9)6-8/h2-6H2,1H3. The zero-order valence-electron chi connectivity index (χ0n) is 6.30. The predicted octanol–water partition coefficient (Wildman–Crippen LogP) is -0.0924. The molecule has 10 heavy (non-hydrogen) atoms. The van der Waals surface area contributed by atoms with Gasteiger partial charge in [0, 0.05) is 26.6 Å². The van der Waals surface area contributed by atoms with E-state index in [1.807, 2.05) is 0 Å². The lowest BCUT2D eigenvalue weighted by atomic mass is 10.4. The number of hydrogen-bond acceptors (Lipinski definition) is 3. The Labute approximate surface area is 61.0 Å². The summed E-state index contributed by atoms with van der Waals surface area (Å²) >= 11 is 0. The van der Waals surface area contributed by atoms with Crippen molar-refractivity contribution in [1.82, 2.24) is 4.90 Å². The third kappa shape index (κ3) is 2.08. The van der Waals surface area contributed by atoms with E-state index in [1.54, 1.807) is 7.11 Å². The predicted molar refractivity (Wildman–Crippen MR) is 37.9 cm³/mol. The lowest BCUT2D eigenvalue weighted by Crippen LogP contribution is -2.24. The van der Waals surface area contributed by atoms with Crippen molar-refractivity contribution in [3.8, 4) is 0 Å². The molecule has 0 N–H and O–H groups in total. The van der Waals surface area contributed by atoms with Crippen LogP contribution in [-0.4, -0.2) is 44.0 Å². The molecule has 0 atom stereocenters. The summed E-state index contributed by atoms with van der Waals surface area (Å²) in [6, 6.07) is 0. The van der Waals surface area contributed by atoms with Crippen molar-refractivity contribution >= 4 is 5.78 Å². The molecule has 0 unspecified atom stereocenters. The molecular formula is C7H13NO2. The lowest BCUT2D eigenvalue weighted by Gasteiger charge is -2.11. The van der Waals surface area contributed by atoms with Gasteiger partial charge in [-0.3, -0.25) is 9.69 Å². The number of ketones is 1. The molecule has 1 fully saturated rings. The number of carbonyl (C=O) groups excluding carboxylic acids is 1. The Morgan fingerprint density at radius 3 is 3.00 bits per heavy atom. The van der Waals surface area contributed by atoms with Crippen molar-refractivity contribution in [3.63, 3.8) is 0 Å². The molecule has 0 amide bonds. The minimum Gasteiger partial charge on any atom is -0.383 e. The van der Waals surface area contributed by atoms with Crippen LogP contribution in [-0.2, 0) is 9.53 Å². The van der Waals surface area contributed by atoms with E-state index in [0.29, 0.717) is 12.3 Å². The Kier molecular flexibility index (Phi) is 2.83. The second kappa shape index (κ2) is 3.68. The third-order valence-electron chi connectivity index (χ3n) is 1.72. The van der Waals surface area contributed by atoms with Gasteiger partial charge >= 0.3 is 0 Å². The molecule has 1 aliphatic heterocycles. The molecule has 1 saturated heterocycles. The van der Waals surface area contributed by atoms with Gasteiger partial charge in [0.1, 0.15) is 5.78 Å². The average molecular weight is 143 g/mol. The van der Waals surface area contributed by atoms with Gasteiger partial charge in [-0.2, -0.15) is 0 Å². The minimum atomic E-state index is 0.358. The van der Waals surface area contributed by atoms with Gasteiger partial charge in [-0.25, -0.2) is 0 Å². The van der Waals surface area contributed by atoms with Crippen LogP contribution in [0, 0.1) is 0 Å². The van der Waals surface area contributed by atoms with E-state index in [-0.39, 0.29) is 0 Å². The summed E-state index contributed by atoms with van der Waals surface area (Å²) in [5, 5.41) is 0. The number of ether oxygens (including phenoxy) is 1. The number of Topliss-reactive ketones (excluding diaryl/α,β-unsaturated/α-hetero) is 1. The van der Waals surface area contributed by atoms with Crippen molar-refractivity contribution in [1.29, 1.82) is 0 Å². The third-order valence-corrected chi connectivity index (χ3v) is 1.72. The van der Waals surface area contributed by atoms with Gasteiger partial charge in [-0.05, 0) is 0 Å². The average Bonchev–Trinajstić information content (AvgIpc) is 2.31. The quantitative estimate of drug-likeness (QED) is 0.553. The summed E-state index contributed by atoms with van der Waals surface area (Å²) in [6.07, 6.45) is 0.726. The smallest absolute Gasteiger partial charge is 0.148 e. The van der Waals surface area contributed by atoms with Crippen LogP contribution in [0.25, 0.3) is 0 Å². The molecule has 1 aliphatic rings. The highest BCUT2D eigenvalue weighted by Gasteiger charge is 2.17. The normalized spacial score (nSPS) is 20.3. The number of likely N-dealkylation sites (tertiary alicyclic amines) is 1. The fourth-order valence-corrected chi connectivity index (χ4v) is 1.10. The molecule has 1 rings (SSSR count). The summed E-state index contributed by atoms with van der Waals surface area (Å²) in [5.74, 6) is 0.358. The lowest BCUT2D eigenvalue weighted by molar-refractivity contribution is -0.116. The molecule has 0 aromatic carbocycles. The van der Waals surface area contributed by atoms with Gasteiger partial charge in [-0.15, -0.1) is 0 Å². The Balaban J connectivity index is 2.12. The van der Waals surface area contributed by atoms with E-state index in [4.69, 9.17) is 4.74 Å². The maximum atomic E-state index is 10.7. The SMILES string of the molecule is COCCN1CCC(=O)C1. The van der Waals surface area contributed by atoms with Gasteiger partial charge in [0.25, 0.3) is 0 Å². The number of hydrogen-bond donors (Lipinski definition) is 0. The van der Waals surface area contributed by atoms with Gasteiger partial charge in [0.2, 0.25) is 0 Å². The Bertz CT molecular complexity index is 125. The van der Waals surface area contributed by atoms with Crippen molar-refractivity contribution < 1.29 is 9.53 Å². The summed E-state index contributed by atoms with van der Waals surface area (Å²) in [5.41, 5.74) is 0. The first-order valence-corrected chi connectivity index (χ1v) is 3.56. The molecule has 0 aromatic rings. The number of carbonyl (C=O) groups is 1. The van der Waals surface area contributed by atoms with Crippen LogP contribution in [0.4, 0.5) is 0 Å². The zero-order chi connectivity index (χ0) is 7.40. The maximum absolute atomic E-state index is 10.7. The number of nitrogens with zero attached hydrogens (tertiary/aromatic N) is 1. The van der Waals surface area contributed by atoms with Gasteiger partial charge in [-0.1, -0.05) is 0 Å². The van der Waals surface area contributed by atoms with Gasteiger partial charge < -0.3 is 4.74 Å². The Hall–Kier alpha value is -0.410. The van der Waals surface area contributed by atoms with Crippen LogP contribution < -0.4 is 0 Å². The van der Waals surface area contributed by atoms with Crippen molar-refractivity contribution in [3.05, 3.63) is 0 Å². The van der Waals surface area contributed by atoms with Crippen molar-refractivity contribution in [2.24, 2.45) is 0 Å². The molecule has 3 nitrogen and oxygen atoms in total. The number of rotatable bonds is 3. The summed E-state index contributed by atoms with van der Waals surface area (Å²) < 4.78 is 4.89. The first kappa shape index (κ1) is 7.69. The van der Waals surface area contributed by atoms with E-state index >= 15 is 0 Å². The Morgan fingerprint density at radius 2 is 2.50 bits per heavy atom. The second-order valence-corrected chi connectivity index (χ2v) is 2.56. The van der Waals surface area contributed by atoms with Crippen molar-refractivity contribution in [2.45, 2.75) is 6.42 Å². The molecule has 3 heteroatoms. The van der Waals surface area contributed by atoms with E-state index in [2.05, 4.69) is 4.90 Å². The summed E-state index contributed by atoms with van der Waals surface area (Å²) in [6.45, 7) is 3.17. The van der Waals surface area contributed by atoms with Crippen molar-refractivity contribution in [2.75, 3.05) is 33.4 Å². The molecule has 0 bridgehead atoms. The first-order chi connectivity index (χ1) is 4.83. The minimum absolute atomic E-state index is 0.358. The van der Waals surface area contributed by atoms with Gasteiger partial charge in [0.15, 0.2) is 0 Å². The second-order valence-electron chi connectivity index (χ2n) is 2.56. The van der Waals surface area contributed by atoms with E-state index < -0.39 is 0 Å². The van der Waals surface area contributed by atoms with Crippen LogP contribution in [0.5, 0.6) is 0 Å². The molecule has 0 radical (unpaired) electrons. The zero-order valence-corrected chi connectivity index (χ0v) is 6.30. The molecule has 1 heterocycles. The van der Waals surface area contributed by atoms with E-state index in [0.717, 1.165) is 26.1 Å². The molecular weight excluding hydrogens is 130 g/mol. The summed E-state index contributed by atoms with van der Waals surface area (Å²) in [7, 11) is 1.68. The first-order valence-electron chi connectivity index (χ1n) is 3.56. The molecule has 0 saturated carbocycles. The van der Waals surface area contributed by atoms with Gasteiger partial charge in [0.05, 0.1) is 13.2 Å². The highest BCUT2D eigenvalue weighted by Crippen LogP contribution is 2.02. The fraction of sp³-hybridized carbons (Fsp3) is 0.857. The van der Waals surface area contributed by atoms with E-state index in [9.17, 15) is 4.79 Å². The van der Waals surface area contributed by atoms with Crippen LogP contribution in [0.2, 0.25) is 0 Å². The molecule has 0 spiro atoms. The van der Waals surface area contributed by atoms with Crippen LogP contribution in [0.1, 0.15) is 6.42 Å². The Morgan fingerprint density at radius 1 is 1.70 bits per heavy atom. The molecule has 0 aromatic heterocycles. The maximum Gasteiger partial charge on any atom is 0.148 e. The van der Waals surface area contributed by atoms with Crippen LogP contribution in [0.15, 0.2) is 0 Å². The van der Waals surface area contributed by atoms with Crippen LogP contribution in [0.3, 0.4) is 0 Å². The monoisotopic (exact) mass is 143 g/mol. The topological polar surface area (TPSA) is 29.5 Å². The molecule has 58 valence electrons. The summed E-state index contributed by atoms with van der Waals surface area (Å²) in [4.78, 5) is 12.9. The highest BCUT2D eigenvalue weighted by molar-refractivity contribution is 5.82. The van der Waals surface area contributed by atoms with Crippen LogP contribution >= 0.6 is 0 Å². The highest BCUT2D eigenvalue weighted by atomic mass is 16.5. The largest absolute Gasteiger partial charge is 0.383 e.